The topological polar surface area (TPSA) is 30.5 Å². The number of methoxy groups -OCH3 is 1. The largest absolute Gasteiger partial charge is 0.489 e. The third-order valence-electron chi connectivity index (χ3n) is 2.59. The van der Waals surface area contributed by atoms with Gasteiger partial charge in [0.15, 0.2) is 0 Å². The van der Waals surface area contributed by atoms with Crippen LogP contribution >= 0.6 is 0 Å². The molecule has 1 aromatic rings. The first kappa shape index (κ1) is 14.0. The average Bonchev–Trinajstić information content (AvgIpc) is 2.29. The Morgan fingerprint density at radius 1 is 1.29 bits per heavy atom. The second-order valence-corrected chi connectivity index (χ2v) is 4.39. The summed E-state index contributed by atoms with van der Waals surface area (Å²) >= 11 is 0. The van der Waals surface area contributed by atoms with Gasteiger partial charge in [-0.3, -0.25) is 0 Å². The number of hydrogen-bond donors (Lipinski definition) is 1. The smallest absolute Gasteiger partial charge is 0.122 e. The Kier molecular flexibility index (Phi) is 6.01. The Labute approximate surface area is 104 Å². The molecule has 0 heterocycles. The van der Waals surface area contributed by atoms with Crippen LogP contribution < -0.4 is 10.1 Å². The number of ether oxygens (including phenoxy) is 2. The van der Waals surface area contributed by atoms with Gasteiger partial charge in [-0.15, -0.1) is 0 Å². The van der Waals surface area contributed by atoms with Crippen LogP contribution in [0.1, 0.15) is 18.1 Å². The van der Waals surface area contributed by atoms with Gasteiger partial charge in [0.25, 0.3) is 0 Å². The third-order valence-corrected chi connectivity index (χ3v) is 2.59. The van der Waals surface area contributed by atoms with Gasteiger partial charge in [-0.1, -0.05) is 12.1 Å². The molecule has 0 saturated carbocycles. The van der Waals surface area contributed by atoms with Crippen LogP contribution in [0.5, 0.6) is 5.75 Å². The maximum atomic E-state index is 5.90. The summed E-state index contributed by atoms with van der Waals surface area (Å²) in [5.41, 5.74) is 2.41. The molecule has 0 aliphatic heterocycles. The van der Waals surface area contributed by atoms with E-state index in [-0.39, 0.29) is 6.10 Å². The van der Waals surface area contributed by atoms with Crippen molar-refractivity contribution in [3.05, 3.63) is 29.3 Å². The summed E-state index contributed by atoms with van der Waals surface area (Å²) in [7, 11) is 1.71. The molecular formula is C14H23NO2. The lowest BCUT2D eigenvalue weighted by atomic mass is 10.1. The zero-order valence-electron chi connectivity index (χ0n) is 11.2. The van der Waals surface area contributed by atoms with Crippen LogP contribution in [0, 0.1) is 13.8 Å². The lowest BCUT2D eigenvalue weighted by Gasteiger charge is -2.17. The first-order chi connectivity index (χ1) is 8.13. The van der Waals surface area contributed by atoms with Crippen molar-refractivity contribution in [1.29, 1.82) is 0 Å². The van der Waals surface area contributed by atoms with Gasteiger partial charge in [0.1, 0.15) is 11.9 Å². The van der Waals surface area contributed by atoms with Crippen molar-refractivity contribution in [3.8, 4) is 5.75 Å². The zero-order chi connectivity index (χ0) is 12.7. The third kappa shape index (κ3) is 5.20. The molecule has 0 radical (unpaired) electrons. The molecule has 3 heteroatoms. The summed E-state index contributed by atoms with van der Waals surface area (Å²) < 4.78 is 10.9. The Hall–Kier alpha value is -1.06. The quantitative estimate of drug-likeness (QED) is 0.738. The molecule has 1 rings (SSSR count). The summed E-state index contributed by atoms with van der Waals surface area (Å²) in [6.45, 7) is 8.64. The second-order valence-electron chi connectivity index (χ2n) is 4.39. The van der Waals surface area contributed by atoms with Gasteiger partial charge in [0.05, 0.1) is 6.61 Å². The monoisotopic (exact) mass is 237 g/mol. The van der Waals surface area contributed by atoms with Gasteiger partial charge in [0.2, 0.25) is 0 Å². The lowest BCUT2D eigenvalue weighted by Crippen LogP contribution is -2.31. The number of aryl methyl sites for hydroxylation is 2. The molecule has 0 aliphatic rings. The van der Waals surface area contributed by atoms with E-state index in [0.717, 1.165) is 25.4 Å². The maximum absolute atomic E-state index is 5.90. The normalized spacial score (nSPS) is 12.5. The van der Waals surface area contributed by atoms with Gasteiger partial charge in [-0.2, -0.15) is 0 Å². The van der Waals surface area contributed by atoms with E-state index in [1.807, 2.05) is 0 Å². The van der Waals surface area contributed by atoms with Gasteiger partial charge >= 0.3 is 0 Å². The summed E-state index contributed by atoms with van der Waals surface area (Å²) in [6.07, 6.45) is 0.160. The van der Waals surface area contributed by atoms with E-state index in [2.05, 4.69) is 44.3 Å². The first-order valence-corrected chi connectivity index (χ1v) is 6.07. The molecular weight excluding hydrogens is 214 g/mol. The number of rotatable bonds is 7. The van der Waals surface area contributed by atoms with Crippen molar-refractivity contribution in [2.45, 2.75) is 26.9 Å². The number of benzene rings is 1. The van der Waals surface area contributed by atoms with Crippen LogP contribution in [0.2, 0.25) is 0 Å². The van der Waals surface area contributed by atoms with E-state index in [4.69, 9.17) is 9.47 Å². The summed E-state index contributed by atoms with van der Waals surface area (Å²) in [5, 5.41) is 3.29. The van der Waals surface area contributed by atoms with E-state index in [1.165, 1.54) is 11.1 Å². The fourth-order valence-corrected chi connectivity index (χ4v) is 1.57. The van der Waals surface area contributed by atoms with Gasteiger partial charge in [-0.25, -0.2) is 0 Å². The van der Waals surface area contributed by atoms with Crippen molar-refractivity contribution < 1.29 is 9.47 Å². The summed E-state index contributed by atoms with van der Waals surface area (Å²) in [6, 6.07) is 6.28. The standard InChI is InChI=1S/C14H23NO2/c1-11-5-6-12(2)14(9-11)17-13(3)10-15-7-8-16-4/h5-6,9,13,15H,7-8,10H2,1-4H3. The maximum Gasteiger partial charge on any atom is 0.122 e. The van der Waals surface area contributed by atoms with Gasteiger partial charge in [-0.05, 0) is 38.0 Å². The van der Waals surface area contributed by atoms with Crippen molar-refractivity contribution in [2.75, 3.05) is 26.8 Å². The molecule has 0 saturated heterocycles. The Morgan fingerprint density at radius 3 is 2.76 bits per heavy atom. The van der Waals surface area contributed by atoms with Crippen LogP contribution in [0.25, 0.3) is 0 Å². The van der Waals surface area contributed by atoms with Crippen molar-refractivity contribution in [3.63, 3.8) is 0 Å². The van der Waals surface area contributed by atoms with Crippen molar-refractivity contribution in [2.24, 2.45) is 0 Å². The Bertz CT molecular complexity index is 339. The SMILES string of the molecule is COCCNCC(C)Oc1cc(C)ccc1C. The molecule has 0 spiro atoms. The van der Waals surface area contributed by atoms with Crippen molar-refractivity contribution in [1.82, 2.24) is 5.32 Å². The predicted molar refractivity (Wildman–Crippen MR) is 70.8 cm³/mol. The van der Waals surface area contributed by atoms with Crippen LogP contribution in [0.15, 0.2) is 18.2 Å². The molecule has 1 N–H and O–H groups in total. The highest BCUT2D eigenvalue weighted by atomic mass is 16.5. The molecule has 17 heavy (non-hydrogen) atoms. The minimum Gasteiger partial charge on any atom is -0.489 e. The van der Waals surface area contributed by atoms with Crippen LogP contribution in [-0.2, 0) is 4.74 Å². The Balaban J connectivity index is 2.39. The number of nitrogens with one attached hydrogen (secondary N) is 1. The molecule has 0 aromatic heterocycles. The highest BCUT2D eigenvalue weighted by Gasteiger charge is 2.06. The van der Waals surface area contributed by atoms with Crippen LogP contribution in [-0.4, -0.2) is 32.9 Å². The highest BCUT2D eigenvalue weighted by Crippen LogP contribution is 2.20. The molecule has 1 atom stereocenters. The molecule has 0 amide bonds. The number of hydrogen-bond acceptors (Lipinski definition) is 3. The van der Waals surface area contributed by atoms with E-state index < -0.39 is 0 Å². The minimum atomic E-state index is 0.160. The minimum absolute atomic E-state index is 0.160. The molecule has 0 bridgehead atoms. The molecule has 3 nitrogen and oxygen atoms in total. The lowest BCUT2D eigenvalue weighted by molar-refractivity contribution is 0.184. The van der Waals surface area contributed by atoms with Crippen LogP contribution in [0.3, 0.4) is 0 Å². The molecule has 0 aliphatic carbocycles. The van der Waals surface area contributed by atoms with E-state index in [0.29, 0.717) is 0 Å². The second kappa shape index (κ2) is 7.30. The van der Waals surface area contributed by atoms with Gasteiger partial charge < -0.3 is 14.8 Å². The molecule has 1 aromatic carbocycles. The highest BCUT2D eigenvalue weighted by molar-refractivity contribution is 5.36. The summed E-state index contributed by atoms with van der Waals surface area (Å²) in [5.74, 6) is 0.978. The van der Waals surface area contributed by atoms with E-state index in [9.17, 15) is 0 Å². The van der Waals surface area contributed by atoms with Crippen LogP contribution in [0.4, 0.5) is 0 Å². The van der Waals surface area contributed by atoms with E-state index in [1.54, 1.807) is 7.11 Å². The molecule has 0 fully saturated rings. The zero-order valence-corrected chi connectivity index (χ0v) is 11.2. The fourth-order valence-electron chi connectivity index (χ4n) is 1.57. The first-order valence-electron chi connectivity index (χ1n) is 6.07. The predicted octanol–water partition coefficient (Wildman–Crippen LogP) is 2.31. The fraction of sp³-hybridized carbons (Fsp3) is 0.571. The van der Waals surface area contributed by atoms with Gasteiger partial charge in [0, 0.05) is 20.2 Å². The summed E-state index contributed by atoms with van der Waals surface area (Å²) in [4.78, 5) is 0. The molecule has 96 valence electrons. The molecule has 1 unspecified atom stereocenters. The van der Waals surface area contributed by atoms with Crippen molar-refractivity contribution >= 4 is 0 Å². The average molecular weight is 237 g/mol. The van der Waals surface area contributed by atoms with E-state index >= 15 is 0 Å². The Morgan fingerprint density at radius 2 is 2.06 bits per heavy atom.